The van der Waals surface area contributed by atoms with E-state index >= 15 is 0 Å². The van der Waals surface area contributed by atoms with Crippen molar-refractivity contribution in [3.8, 4) is 0 Å². The van der Waals surface area contributed by atoms with E-state index < -0.39 is 36.4 Å². The van der Waals surface area contributed by atoms with E-state index in [-0.39, 0.29) is 11.8 Å². The standard InChI is InChI=1S/C13H25N3O4/c1-7(2)5-9(14)12(19)16-11(8(3)4)13(20)15-6-10(17)18/h7-9,11H,5-6,14H2,1-4H3,(H,15,20)(H,16,19)(H,17,18). The summed E-state index contributed by atoms with van der Waals surface area (Å²) in [6, 6.07) is -1.47. The van der Waals surface area contributed by atoms with Crippen LogP contribution in [-0.2, 0) is 14.4 Å². The Hall–Kier alpha value is -1.63. The Balaban J connectivity index is 4.57. The van der Waals surface area contributed by atoms with Crippen LogP contribution in [0.2, 0.25) is 0 Å². The monoisotopic (exact) mass is 287 g/mol. The molecule has 0 saturated heterocycles. The Labute approximate surface area is 119 Å². The second-order valence-corrected chi connectivity index (χ2v) is 5.58. The maximum absolute atomic E-state index is 11.9. The molecule has 7 heteroatoms. The molecule has 0 saturated carbocycles. The van der Waals surface area contributed by atoms with Crippen LogP contribution in [0.15, 0.2) is 0 Å². The second-order valence-electron chi connectivity index (χ2n) is 5.58. The van der Waals surface area contributed by atoms with Gasteiger partial charge in [0.25, 0.3) is 0 Å². The van der Waals surface area contributed by atoms with Gasteiger partial charge in [0.15, 0.2) is 0 Å². The van der Waals surface area contributed by atoms with Crippen molar-refractivity contribution < 1.29 is 19.5 Å². The summed E-state index contributed by atoms with van der Waals surface area (Å²) in [6.07, 6.45) is 0.521. The normalized spacial score (nSPS) is 13.9. The Morgan fingerprint density at radius 3 is 2.05 bits per heavy atom. The Morgan fingerprint density at radius 1 is 1.10 bits per heavy atom. The van der Waals surface area contributed by atoms with Gasteiger partial charge in [0, 0.05) is 0 Å². The minimum absolute atomic E-state index is 0.168. The molecular formula is C13H25N3O4. The van der Waals surface area contributed by atoms with Crippen LogP contribution in [0.4, 0.5) is 0 Å². The highest BCUT2D eigenvalue weighted by atomic mass is 16.4. The van der Waals surface area contributed by atoms with Crippen molar-refractivity contribution in [3.63, 3.8) is 0 Å². The summed E-state index contributed by atoms with van der Waals surface area (Å²) >= 11 is 0. The van der Waals surface area contributed by atoms with Crippen molar-refractivity contribution in [2.75, 3.05) is 6.54 Å². The summed E-state index contributed by atoms with van der Waals surface area (Å²) in [5.74, 6) is -1.95. The quantitative estimate of drug-likeness (QED) is 0.488. The Kier molecular flexibility index (Phi) is 7.83. The SMILES string of the molecule is CC(C)CC(N)C(=O)NC(C(=O)NCC(=O)O)C(C)C. The number of carboxylic acid groups (broad SMARTS) is 1. The van der Waals surface area contributed by atoms with E-state index in [2.05, 4.69) is 10.6 Å². The van der Waals surface area contributed by atoms with Crippen LogP contribution in [0.5, 0.6) is 0 Å². The molecule has 0 fully saturated rings. The predicted octanol–water partition coefficient (Wildman–Crippen LogP) is -0.299. The van der Waals surface area contributed by atoms with E-state index in [0.717, 1.165) is 0 Å². The summed E-state index contributed by atoms with van der Waals surface area (Å²) in [4.78, 5) is 34.2. The first kappa shape index (κ1) is 18.4. The minimum Gasteiger partial charge on any atom is -0.480 e. The van der Waals surface area contributed by atoms with Gasteiger partial charge < -0.3 is 21.5 Å². The van der Waals surface area contributed by atoms with Gasteiger partial charge in [0.2, 0.25) is 11.8 Å². The average Bonchev–Trinajstić information content (AvgIpc) is 2.31. The Morgan fingerprint density at radius 2 is 1.65 bits per heavy atom. The van der Waals surface area contributed by atoms with Crippen molar-refractivity contribution in [1.82, 2.24) is 10.6 Å². The molecule has 0 heterocycles. The number of carbonyl (C=O) groups excluding carboxylic acids is 2. The van der Waals surface area contributed by atoms with Crippen LogP contribution >= 0.6 is 0 Å². The molecule has 5 N–H and O–H groups in total. The van der Waals surface area contributed by atoms with Crippen LogP contribution in [0.1, 0.15) is 34.1 Å². The van der Waals surface area contributed by atoms with Gasteiger partial charge in [0.05, 0.1) is 6.04 Å². The van der Waals surface area contributed by atoms with Crippen molar-refractivity contribution in [2.24, 2.45) is 17.6 Å². The molecule has 116 valence electrons. The highest BCUT2D eigenvalue weighted by Gasteiger charge is 2.26. The summed E-state index contributed by atoms with van der Waals surface area (Å²) in [7, 11) is 0. The number of amides is 2. The molecular weight excluding hydrogens is 262 g/mol. The third kappa shape index (κ3) is 7.08. The van der Waals surface area contributed by atoms with Gasteiger partial charge in [-0.2, -0.15) is 0 Å². The van der Waals surface area contributed by atoms with Crippen molar-refractivity contribution in [3.05, 3.63) is 0 Å². The lowest BCUT2D eigenvalue weighted by Crippen LogP contribution is -2.54. The smallest absolute Gasteiger partial charge is 0.322 e. The van der Waals surface area contributed by atoms with Crippen LogP contribution in [-0.4, -0.2) is 41.5 Å². The van der Waals surface area contributed by atoms with Gasteiger partial charge in [-0.05, 0) is 18.3 Å². The van der Waals surface area contributed by atoms with Crippen LogP contribution < -0.4 is 16.4 Å². The van der Waals surface area contributed by atoms with Crippen LogP contribution in [0.3, 0.4) is 0 Å². The molecule has 2 atom stereocenters. The Bertz CT molecular complexity index is 356. The molecule has 0 aliphatic rings. The molecule has 20 heavy (non-hydrogen) atoms. The molecule has 0 aromatic rings. The first-order valence-corrected chi connectivity index (χ1v) is 6.70. The number of aliphatic carboxylic acids is 1. The number of nitrogens with one attached hydrogen (secondary N) is 2. The van der Waals surface area contributed by atoms with Gasteiger partial charge in [-0.3, -0.25) is 14.4 Å². The molecule has 0 radical (unpaired) electrons. The number of hydrogen-bond acceptors (Lipinski definition) is 4. The van der Waals surface area contributed by atoms with E-state index in [1.54, 1.807) is 13.8 Å². The van der Waals surface area contributed by atoms with E-state index in [0.29, 0.717) is 6.42 Å². The maximum Gasteiger partial charge on any atom is 0.322 e. The summed E-state index contributed by atoms with van der Waals surface area (Å²) in [5.41, 5.74) is 5.75. The number of rotatable bonds is 8. The molecule has 0 aliphatic carbocycles. The van der Waals surface area contributed by atoms with Gasteiger partial charge in [0.1, 0.15) is 12.6 Å². The predicted molar refractivity (Wildman–Crippen MR) is 74.8 cm³/mol. The fourth-order valence-electron chi connectivity index (χ4n) is 1.68. The third-order valence-corrected chi connectivity index (χ3v) is 2.72. The molecule has 0 rings (SSSR count). The molecule has 0 spiro atoms. The van der Waals surface area contributed by atoms with E-state index in [9.17, 15) is 14.4 Å². The fourth-order valence-corrected chi connectivity index (χ4v) is 1.68. The van der Waals surface area contributed by atoms with E-state index in [1.165, 1.54) is 0 Å². The maximum atomic E-state index is 11.9. The van der Waals surface area contributed by atoms with Crippen molar-refractivity contribution in [2.45, 2.75) is 46.2 Å². The highest BCUT2D eigenvalue weighted by Crippen LogP contribution is 2.06. The molecule has 7 nitrogen and oxygen atoms in total. The zero-order valence-electron chi connectivity index (χ0n) is 12.5. The molecule has 0 bridgehead atoms. The number of carbonyl (C=O) groups is 3. The lowest BCUT2D eigenvalue weighted by molar-refractivity contribution is -0.138. The van der Waals surface area contributed by atoms with Crippen molar-refractivity contribution in [1.29, 1.82) is 0 Å². The van der Waals surface area contributed by atoms with E-state index in [1.807, 2.05) is 13.8 Å². The van der Waals surface area contributed by atoms with Gasteiger partial charge in [-0.15, -0.1) is 0 Å². The lowest BCUT2D eigenvalue weighted by Gasteiger charge is -2.23. The fraction of sp³-hybridized carbons (Fsp3) is 0.769. The number of nitrogens with two attached hydrogens (primary N) is 1. The van der Waals surface area contributed by atoms with Gasteiger partial charge in [-0.1, -0.05) is 27.7 Å². The molecule has 0 aliphatic heterocycles. The average molecular weight is 287 g/mol. The summed E-state index contributed by atoms with van der Waals surface area (Å²) in [5, 5.41) is 13.4. The summed E-state index contributed by atoms with van der Waals surface area (Å²) in [6.45, 7) is 6.95. The zero-order chi connectivity index (χ0) is 15.9. The second kappa shape index (κ2) is 8.52. The van der Waals surface area contributed by atoms with Crippen LogP contribution in [0, 0.1) is 11.8 Å². The van der Waals surface area contributed by atoms with Crippen molar-refractivity contribution >= 4 is 17.8 Å². The van der Waals surface area contributed by atoms with Crippen LogP contribution in [0.25, 0.3) is 0 Å². The van der Waals surface area contributed by atoms with Gasteiger partial charge >= 0.3 is 5.97 Å². The summed E-state index contributed by atoms with van der Waals surface area (Å²) < 4.78 is 0. The zero-order valence-corrected chi connectivity index (χ0v) is 12.5. The first-order chi connectivity index (χ1) is 9.15. The highest BCUT2D eigenvalue weighted by molar-refractivity contribution is 5.91. The minimum atomic E-state index is -1.14. The molecule has 0 aromatic carbocycles. The lowest BCUT2D eigenvalue weighted by atomic mass is 10.0. The molecule has 2 amide bonds. The largest absolute Gasteiger partial charge is 0.480 e. The van der Waals surface area contributed by atoms with Gasteiger partial charge in [-0.25, -0.2) is 0 Å². The third-order valence-electron chi connectivity index (χ3n) is 2.72. The molecule has 2 unspecified atom stereocenters. The molecule has 0 aromatic heterocycles. The van der Waals surface area contributed by atoms with E-state index in [4.69, 9.17) is 10.8 Å². The number of carboxylic acids is 1. The number of hydrogen-bond donors (Lipinski definition) is 4. The first-order valence-electron chi connectivity index (χ1n) is 6.70. The topological polar surface area (TPSA) is 122 Å².